The lowest BCUT2D eigenvalue weighted by molar-refractivity contribution is 0.310. The molecule has 176 valence electrons. The predicted molar refractivity (Wildman–Crippen MR) is 133 cm³/mol. The van der Waals surface area contributed by atoms with E-state index in [1.165, 1.54) is 6.26 Å². The van der Waals surface area contributed by atoms with Crippen LogP contribution in [0.15, 0.2) is 60.7 Å². The molecule has 0 fully saturated rings. The van der Waals surface area contributed by atoms with E-state index in [9.17, 15) is 8.42 Å². The van der Waals surface area contributed by atoms with Crippen molar-refractivity contribution < 1.29 is 22.6 Å². The van der Waals surface area contributed by atoms with E-state index in [1.807, 2.05) is 67.6 Å². The van der Waals surface area contributed by atoms with Gasteiger partial charge in [-0.05, 0) is 42.7 Å². The second-order valence-corrected chi connectivity index (χ2v) is 10.1. The lowest BCUT2D eigenvalue weighted by Crippen LogP contribution is -2.17. The number of nitrogens with two attached hydrogens (primary N) is 1. The second-order valence-electron chi connectivity index (χ2n) is 7.92. The largest absolute Gasteiger partial charge is 0.496 e. The lowest BCUT2D eigenvalue weighted by atomic mass is 9.90. The summed E-state index contributed by atoms with van der Waals surface area (Å²) in [5.41, 5.74) is 10.7. The molecule has 0 heterocycles. The van der Waals surface area contributed by atoms with Crippen molar-refractivity contribution in [1.82, 2.24) is 0 Å². The smallest absolute Gasteiger partial charge is 0.161 e. The van der Waals surface area contributed by atoms with Gasteiger partial charge in [0.15, 0.2) is 11.5 Å². The molecule has 3 rings (SSSR count). The van der Waals surface area contributed by atoms with Crippen molar-refractivity contribution in [3.8, 4) is 28.4 Å². The Balaban J connectivity index is 2.04. The first-order valence-corrected chi connectivity index (χ1v) is 12.8. The van der Waals surface area contributed by atoms with Crippen LogP contribution in [0.3, 0.4) is 0 Å². The van der Waals surface area contributed by atoms with Gasteiger partial charge in [-0.1, -0.05) is 42.5 Å². The van der Waals surface area contributed by atoms with Crippen molar-refractivity contribution in [2.75, 3.05) is 38.6 Å². The van der Waals surface area contributed by atoms with Gasteiger partial charge in [0, 0.05) is 29.0 Å². The second kappa shape index (κ2) is 10.6. The molecule has 0 radical (unpaired) electrons. The molecule has 7 heteroatoms. The van der Waals surface area contributed by atoms with Crippen molar-refractivity contribution >= 4 is 15.5 Å². The normalized spacial score (nSPS) is 12.2. The van der Waals surface area contributed by atoms with Gasteiger partial charge >= 0.3 is 0 Å². The van der Waals surface area contributed by atoms with Gasteiger partial charge in [-0.3, -0.25) is 0 Å². The van der Waals surface area contributed by atoms with Crippen LogP contribution in [0.4, 0.5) is 5.69 Å². The van der Waals surface area contributed by atoms with E-state index in [0.29, 0.717) is 30.2 Å². The first-order valence-electron chi connectivity index (χ1n) is 10.8. The van der Waals surface area contributed by atoms with Crippen LogP contribution in [0.5, 0.6) is 17.2 Å². The van der Waals surface area contributed by atoms with E-state index in [-0.39, 0.29) is 11.7 Å². The molecule has 2 N–H and O–H groups in total. The number of sulfone groups is 1. The first-order chi connectivity index (χ1) is 15.8. The van der Waals surface area contributed by atoms with Crippen LogP contribution < -0.4 is 19.9 Å². The Bertz CT molecular complexity index is 1210. The van der Waals surface area contributed by atoms with E-state index < -0.39 is 9.84 Å². The number of para-hydroxylation sites is 2. The van der Waals surface area contributed by atoms with E-state index in [4.69, 9.17) is 19.9 Å². The van der Waals surface area contributed by atoms with Gasteiger partial charge in [0.25, 0.3) is 0 Å². The third-order valence-corrected chi connectivity index (χ3v) is 6.53. The zero-order chi connectivity index (χ0) is 24.0. The van der Waals surface area contributed by atoms with Crippen LogP contribution in [0.2, 0.25) is 0 Å². The van der Waals surface area contributed by atoms with E-state index in [1.54, 1.807) is 14.2 Å². The van der Waals surface area contributed by atoms with Crippen molar-refractivity contribution in [3.05, 3.63) is 71.8 Å². The summed E-state index contributed by atoms with van der Waals surface area (Å²) in [7, 11) is -0.0465. The van der Waals surface area contributed by atoms with Crippen molar-refractivity contribution in [2.45, 2.75) is 19.3 Å². The first kappa shape index (κ1) is 24.5. The average molecular weight is 470 g/mol. The topological polar surface area (TPSA) is 87.9 Å². The standard InChI is InChI=1S/C26H31NO5S/c1-5-32-25-16-18(13-14-24(25)31-3)20(17-33(4,28)29)15-19-9-8-11-22(26(19)27)21-10-6-7-12-23(21)30-2/h6-14,16,20H,5,15,17,27H2,1-4H3/t20-/m1/s1. The summed E-state index contributed by atoms with van der Waals surface area (Å²) in [4.78, 5) is 0. The molecule has 0 spiro atoms. The third-order valence-electron chi connectivity index (χ3n) is 5.52. The maximum atomic E-state index is 12.3. The monoisotopic (exact) mass is 469 g/mol. The van der Waals surface area contributed by atoms with Gasteiger partial charge in [-0.15, -0.1) is 0 Å². The summed E-state index contributed by atoms with van der Waals surface area (Å²) in [5.74, 6) is 1.61. The highest BCUT2D eigenvalue weighted by molar-refractivity contribution is 7.90. The highest BCUT2D eigenvalue weighted by atomic mass is 32.2. The molecule has 0 aliphatic heterocycles. The number of hydrogen-bond acceptors (Lipinski definition) is 6. The summed E-state index contributed by atoms with van der Waals surface area (Å²) >= 11 is 0. The highest BCUT2D eigenvalue weighted by Crippen LogP contribution is 2.38. The Hall–Kier alpha value is -3.19. The molecule has 0 unspecified atom stereocenters. The molecule has 0 aromatic heterocycles. The van der Waals surface area contributed by atoms with Crippen LogP contribution in [-0.2, 0) is 16.3 Å². The molecular formula is C26H31NO5S. The SMILES string of the molecule is CCOc1cc([C@H](Cc2cccc(-c3ccccc3OC)c2N)CS(C)(=O)=O)ccc1OC. The molecule has 0 amide bonds. The lowest BCUT2D eigenvalue weighted by Gasteiger charge is -2.21. The Kier molecular flexibility index (Phi) is 7.87. The molecule has 0 bridgehead atoms. The van der Waals surface area contributed by atoms with Gasteiger partial charge in [0.1, 0.15) is 15.6 Å². The maximum Gasteiger partial charge on any atom is 0.161 e. The third kappa shape index (κ3) is 5.99. The van der Waals surface area contributed by atoms with Crippen LogP contribution in [0.25, 0.3) is 11.1 Å². The molecular weight excluding hydrogens is 438 g/mol. The molecule has 0 saturated carbocycles. The quantitative estimate of drug-likeness (QED) is 0.432. The summed E-state index contributed by atoms with van der Waals surface area (Å²) in [6.45, 7) is 2.37. The molecule has 3 aromatic rings. The van der Waals surface area contributed by atoms with Crippen LogP contribution >= 0.6 is 0 Å². The molecule has 1 atom stereocenters. The Morgan fingerprint density at radius 1 is 0.879 bits per heavy atom. The minimum absolute atomic E-state index is 0.0107. The van der Waals surface area contributed by atoms with Crippen LogP contribution in [0.1, 0.15) is 24.0 Å². The zero-order valence-corrected chi connectivity index (χ0v) is 20.3. The van der Waals surface area contributed by atoms with Gasteiger partial charge < -0.3 is 19.9 Å². The molecule has 33 heavy (non-hydrogen) atoms. The van der Waals surface area contributed by atoms with E-state index >= 15 is 0 Å². The Morgan fingerprint density at radius 2 is 1.58 bits per heavy atom. The zero-order valence-electron chi connectivity index (χ0n) is 19.5. The minimum atomic E-state index is -3.25. The summed E-state index contributed by atoms with van der Waals surface area (Å²) in [6, 6.07) is 19.1. The fourth-order valence-corrected chi connectivity index (χ4v) is 5.05. The number of methoxy groups -OCH3 is 2. The predicted octanol–water partition coefficient (Wildman–Crippen LogP) is 4.72. The van der Waals surface area contributed by atoms with Crippen molar-refractivity contribution in [3.63, 3.8) is 0 Å². The minimum Gasteiger partial charge on any atom is -0.496 e. The Labute approximate surface area is 196 Å². The van der Waals surface area contributed by atoms with E-state index in [0.717, 1.165) is 28.0 Å². The van der Waals surface area contributed by atoms with Gasteiger partial charge in [0.2, 0.25) is 0 Å². The summed E-state index contributed by atoms with van der Waals surface area (Å²) in [5, 5.41) is 0. The molecule has 0 saturated heterocycles. The van der Waals surface area contributed by atoms with Crippen LogP contribution in [-0.4, -0.2) is 41.3 Å². The molecule has 0 aliphatic rings. The summed E-state index contributed by atoms with van der Waals surface area (Å²) in [6.07, 6.45) is 1.71. The summed E-state index contributed by atoms with van der Waals surface area (Å²) < 4.78 is 41.2. The van der Waals surface area contributed by atoms with Gasteiger partial charge in [-0.2, -0.15) is 0 Å². The number of benzene rings is 3. The molecule has 6 nitrogen and oxygen atoms in total. The Morgan fingerprint density at radius 3 is 2.24 bits per heavy atom. The molecule has 3 aromatic carbocycles. The fraction of sp³-hybridized carbons (Fsp3) is 0.308. The number of hydrogen-bond donors (Lipinski definition) is 1. The number of nitrogen functional groups attached to an aromatic ring is 1. The van der Waals surface area contributed by atoms with Crippen molar-refractivity contribution in [2.24, 2.45) is 0 Å². The van der Waals surface area contributed by atoms with Crippen LogP contribution in [0, 0.1) is 0 Å². The number of rotatable bonds is 10. The fourth-order valence-electron chi connectivity index (χ4n) is 4.01. The highest BCUT2D eigenvalue weighted by Gasteiger charge is 2.22. The maximum absolute atomic E-state index is 12.3. The number of ether oxygens (including phenoxy) is 3. The van der Waals surface area contributed by atoms with E-state index in [2.05, 4.69) is 0 Å². The van der Waals surface area contributed by atoms with Crippen molar-refractivity contribution in [1.29, 1.82) is 0 Å². The number of anilines is 1. The van der Waals surface area contributed by atoms with Gasteiger partial charge in [-0.25, -0.2) is 8.42 Å². The molecule has 0 aliphatic carbocycles. The van der Waals surface area contributed by atoms with Gasteiger partial charge in [0.05, 0.1) is 26.6 Å². The average Bonchev–Trinajstić information content (AvgIpc) is 2.79.